The highest BCUT2D eigenvalue weighted by Gasteiger charge is 2.34. The van der Waals surface area contributed by atoms with Crippen LogP contribution < -0.4 is 20.7 Å². The Kier molecular flexibility index (Phi) is 7.17. The van der Waals surface area contributed by atoms with E-state index in [2.05, 4.69) is 53.0 Å². The number of carboxylic acid groups (broad SMARTS) is 1. The Morgan fingerprint density at radius 2 is 1.73 bits per heavy atom. The number of fused-ring (bicyclic) bond motifs is 1. The van der Waals surface area contributed by atoms with Crippen molar-refractivity contribution < 1.29 is 19.4 Å². The number of carbonyl (C=O) groups is 2. The van der Waals surface area contributed by atoms with Gasteiger partial charge in [-0.15, -0.1) is 0 Å². The van der Waals surface area contributed by atoms with Crippen molar-refractivity contribution in [1.82, 2.24) is 20.9 Å². The molecule has 8 heteroatoms. The molecule has 1 aromatic carbocycles. The van der Waals surface area contributed by atoms with Crippen LogP contribution in [0.4, 0.5) is 4.79 Å². The Bertz CT molecular complexity index is 1190. The predicted octanol–water partition coefficient (Wildman–Crippen LogP) is 5.05. The van der Waals surface area contributed by atoms with E-state index in [1.54, 1.807) is 0 Å². The minimum absolute atomic E-state index is 0.0286. The van der Waals surface area contributed by atoms with Gasteiger partial charge in [0.05, 0.1) is 23.9 Å². The van der Waals surface area contributed by atoms with Crippen LogP contribution in [0.3, 0.4) is 0 Å². The van der Waals surface area contributed by atoms with Crippen LogP contribution in [0.25, 0.3) is 5.57 Å². The van der Waals surface area contributed by atoms with Crippen LogP contribution in [-0.2, 0) is 4.79 Å². The molecule has 198 valence electrons. The highest BCUT2D eigenvalue weighted by Crippen LogP contribution is 2.40. The zero-order valence-corrected chi connectivity index (χ0v) is 21.9. The van der Waals surface area contributed by atoms with E-state index in [4.69, 9.17) is 9.84 Å². The summed E-state index contributed by atoms with van der Waals surface area (Å²) < 4.78 is 6.30. The van der Waals surface area contributed by atoms with Crippen molar-refractivity contribution in [1.29, 1.82) is 0 Å². The van der Waals surface area contributed by atoms with E-state index in [-0.39, 0.29) is 24.0 Å². The fraction of sp³-hybridized carbons (Fsp3) is 0.517. The largest absolute Gasteiger partial charge is 0.493 e. The first-order chi connectivity index (χ1) is 17.8. The maximum absolute atomic E-state index is 13.5. The number of carbonyl (C=O) groups excluding carboxylic acids is 1. The number of benzene rings is 1. The zero-order valence-electron chi connectivity index (χ0n) is 21.9. The van der Waals surface area contributed by atoms with Crippen LogP contribution in [0, 0.1) is 5.92 Å². The van der Waals surface area contributed by atoms with Crippen molar-refractivity contribution in [2.75, 3.05) is 6.61 Å². The van der Waals surface area contributed by atoms with Crippen molar-refractivity contribution >= 4 is 17.6 Å². The summed E-state index contributed by atoms with van der Waals surface area (Å²) in [6.07, 6.45) is 6.32. The van der Waals surface area contributed by atoms with Crippen molar-refractivity contribution in [2.24, 2.45) is 5.92 Å². The van der Waals surface area contributed by atoms with Crippen LogP contribution >= 0.6 is 0 Å². The molecule has 2 fully saturated rings. The van der Waals surface area contributed by atoms with E-state index in [0.29, 0.717) is 17.4 Å². The summed E-state index contributed by atoms with van der Waals surface area (Å²) >= 11 is 0. The lowest BCUT2D eigenvalue weighted by atomic mass is 9.88. The summed E-state index contributed by atoms with van der Waals surface area (Å²) in [6, 6.07) is 8.39. The predicted molar refractivity (Wildman–Crippen MR) is 142 cm³/mol. The van der Waals surface area contributed by atoms with Crippen LogP contribution in [0.5, 0.6) is 5.75 Å². The molecule has 2 aromatic rings. The number of rotatable bonds is 8. The third kappa shape index (κ3) is 5.63. The van der Waals surface area contributed by atoms with Gasteiger partial charge in [0.1, 0.15) is 5.75 Å². The van der Waals surface area contributed by atoms with Gasteiger partial charge in [-0.25, -0.2) is 4.79 Å². The van der Waals surface area contributed by atoms with Gasteiger partial charge in [-0.2, -0.15) is 0 Å². The fourth-order valence-corrected chi connectivity index (χ4v) is 5.51. The molecule has 1 unspecified atom stereocenters. The normalized spacial score (nSPS) is 23.3. The van der Waals surface area contributed by atoms with Gasteiger partial charge in [-0.3, -0.25) is 4.79 Å². The molecule has 3 aliphatic rings. The Morgan fingerprint density at radius 1 is 1.03 bits per heavy atom. The lowest BCUT2D eigenvalue weighted by molar-refractivity contribution is -0.116. The van der Waals surface area contributed by atoms with E-state index >= 15 is 0 Å². The molecule has 0 spiro atoms. The molecular formula is C29H38N4O4. The summed E-state index contributed by atoms with van der Waals surface area (Å²) in [4.78, 5) is 27.7. The Hall–Kier alpha value is -3.42. The van der Waals surface area contributed by atoms with Gasteiger partial charge >= 0.3 is 6.09 Å². The molecule has 2 saturated carbocycles. The first-order valence-electron chi connectivity index (χ1n) is 13.5. The molecule has 1 aromatic heterocycles. The number of allylic oxidation sites excluding steroid dienone is 1. The SMILES string of the molecule is CC1=C(C(=O)NC2CCC(NC(=O)O)CC2)c2[nH]ccc2C(c2cc(C(C)C)ccc2OCC2CC2)N1. The lowest BCUT2D eigenvalue weighted by Crippen LogP contribution is -2.44. The molecule has 0 bridgehead atoms. The van der Waals surface area contributed by atoms with Crippen LogP contribution in [-0.4, -0.2) is 40.8 Å². The Morgan fingerprint density at radius 3 is 2.38 bits per heavy atom. The number of nitrogens with one attached hydrogen (secondary N) is 4. The van der Waals surface area contributed by atoms with Gasteiger partial charge in [0.15, 0.2) is 0 Å². The zero-order chi connectivity index (χ0) is 26.1. The number of amides is 2. The minimum atomic E-state index is -0.990. The summed E-state index contributed by atoms with van der Waals surface area (Å²) in [7, 11) is 0. The Labute approximate surface area is 218 Å². The van der Waals surface area contributed by atoms with Crippen molar-refractivity contribution in [3.8, 4) is 5.75 Å². The molecule has 37 heavy (non-hydrogen) atoms. The van der Waals surface area contributed by atoms with E-state index in [1.807, 2.05) is 19.2 Å². The molecule has 8 nitrogen and oxygen atoms in total. The lowest BCUT2D eigenvalue weighted by Gasteiger charge is -2.32. The molecule has 2 heterocycles. The molecule has 2 aliphatic carbocycles. The maximum Gasteiger partial charge on any atom is 0.404 e. The molecule has 0 saturated heterocycles. The second kappa shape index (κ2) is 10.5. The molecule has 5 rings (SSSR count). The standard InChI is InChI=1S/C29H38N4O4/c1-16(2)19-6-11-24(37-15-18-4-5-18)23(14-19)26-22-12-13-30-27(22)25(17(3)31-26)28(34)32-20-7-9-21(10-8-20)33-29(35)36/h6,11-14,16,18,20-21,26,30-31,33H,4-5,7-10,15H2,1-3H3,(H,32,34)(H,35,36). The number of hydrogen-bond donors (Lipinski definition) is 5. The molecule has 0 radical (unpaired) electrons. The third-order valence-corrected chi connectivity index (χ3v) is 7.88. The molecule has 5 N–H and O–H groups in total. The van der Waals surface area contributed by atoms with E-state index in [9.17, 15) is 9.59 Å². The van der Waals surface area contributed by atoms with E-state index < -0.39 is 6.09 Å². The minimum Gasteiger partial charge on any atom is -0.493 e. The van der Waals surface area contributed by atoms with Crippen molar-refractivity contribution in [2.45, 2.75) is 83.3 Å². The number of hydrogen-bond acceptors (Lipinski definition) is 4. The highest BCUT2D eigenvalue weighted by molar-refractivity contribution is 6.20. The summed E-state index contributed by atoms with van der Waals surface area (Å²) in [5.41, 5.74) is 5.66. The van der Waals surface area contributed by atoms with Crippen LogP contribution in [0.15, 0.2) is 36.2 Å². The molecular weight excluding hydrogens is 468 g/mol. The second-order valence-electron chi connectivity index (χ2n) is 11.1. The van der Waals surface area contributed by atoms with Gasteiger partial charge < -0.3 is 30.8 Å². The fourth-order valence-electron chi connectivity index (χ4n) is 5.51. The smallest absolute Gasteiger partial charge is 0.404 e. The second-order valence-corrected chi connectivity index (χ2v) is 11.1. The van der Waals surface area contributed by atoms with Crippen LogP contribution in [0.2, 0.25) is 0 Å². The summed E-state index contributed by atoms with van der Waals surface area (Å²) in [5, 5.41) is 18.3. The van der Waals surface area contributed by atoms with Crippen molar-refractivity contribution in [3.63, 3.8) is 0 Å². The monoisotopic (exact) mass is 506 g/mol. The number of ether oxygens (including phenoxy) is 1. The van der Waals surface area contributed by atoms with Crippen LogP contribution in [0.1, 0.15) is 93.6 Å². The number of aromatic amines is 1. The molecule has 1 aliphatic heterocycles. The van der Waals surface area contributed by atoms with Gasteiger partial charge in [-0.1, -0.05) is 19.9 Å². The third-order valence-electron chi connectivity index (χ3n) is 7.88. The molecule has 2 amide bonds. The molecule has 1 atom stereocenters. The van der Waals surface area contributed by atoms with Gasteiger partial charge in [-0.05, 0) is 81.0 Å². The average molecular weight is 507 g/mol. The first-order valence-corrected chi connectivity index (χ1v) is 13.5. The number of H-pyrrole nitrogens is 1. The first kappa shape index (κ1) is 25.2. The summed E-state index contributed by atoms with van der Waals surface area (Å²) in [5.74, 6) is 1.84. The quantitative estimate of drug-likeness (QED) is 0.344. The van der Waals surface area contributed by atoms with Gasteiger partial charge in [0, 0.05) is 35.1 Å². The van der Waals surface area contributed by atoms with Gasteiger partial charge in [0.25, 0.3) is 5.91 Å². The average Bonchev–Trinajstić information content (AvgIpc) is 3.57. The van der Waals surface area contributed by atoms with E-state index in [1.165, 1.54) is 18.4 Å². The van der Waals surface area contributed by atoms with E-state index in [0.717, 1.165) is 60.6 Å². The summed E-state index contributed by atoms with van der Waals surface area (Å²) in [6.45, 7) is 7.08. The number of aromatic nitrogens is 1. The van der Waals surface area contributed by atoms with Crippen molar-refractivity contribution in [3.05, 3.63) is 58.5 Å². The maximum atomic E-state index is 13.5. The Balaban J connectivity index is 1.36. The highest BCUT2D eigenvalue weighted by atomic mass is 16.5. The topological polar surface area (TPSA) is 115 Å². The van der Waals surface area contributed by atoms with Gasteiger partial charge in [0.2, 0.25) is 0 Å².